The van der Waals surface area contributed by atoms with E-state index in [0.29, 0.717) is 24.8 Å². The van der Waals surface area contributed by atoms with Crippen LogP contribution in [0.1, 0.15) is 18.9 Å². The SMILES string of the molecule is CC(NC(=O)C1CNNC1)c1nc(-c2ccncc2)no1. The van der Waals surface area contributed by atoms with Crippen LogP contribution in [0.25, 0.3) is 11.4 Å². The van der Waals surface area contributed by atoms with Crippen molar-refractivity contribution in [2.24, 2.45) is 5.92 Å². The molecule has 1 fully saturated rings. The third-order valence-corrected chi connectivity index (χ3v) is 3.30. The number of carbonyl (C=O) groups excluding carboxylic acids is 1. The van der Waals surface area contributed by atoms with E-state index in [2.05, 4.69) is 31.3 Å². The van der Waals surface area contributed by atoms with Crippen LogP contribution in [0.5, 0.6) is 0 Å². The fraction of sp³-hybridized carbons (Fsp3) is 0.385. The van der Waals surface area contributed by atoms with Crippen LogP contribution in [0.2, 0.25) is 0 Å². The third-order valence-electron chi connectivity index (χ3n) is 3.30. The van der Waals surface area contributed by atoms with Gasteiger partial charge in [0.15, 0.2) is 0 Å². The molecule has 1 aliphatic rings. The predicted octanol–water partition coefficient (Wildman–Crippen LogP) is 0.0328. The molecule has 1 amide bonds. The first-order valence-corrected chi connectivity index (χ1v) is 6.74. The van der Waals surface area contributed by atoms with Gasteiger partial charge in [-0.05, 0) is 19.1 Å². The summed E-state index contributed by atoms with van der Waals surface area (Å²) in [6, 6.07) is 3.27. The first-order chi connectivity index (χ1) is 10.2. The molecule has 1 atom stereocenters. The highest BCUT2D eigenvalue weighted by molar-refractivity contribution is 5.79. The lowest BCUT2D eigenvalue weighted by molar-refractivity contribution is -0.124. The van der Waals surface area contributed by atoms with Crippen LogP contribution in [0, 0.1) is 5.92 Å². The summed E-state index contributed by atoms with van der Waals surface area (Å²) >= 11 is 0. The maximum atomic E-state index is 12.0. The number of aromatic nitrogens is 3. The zero-order valence-corrected chi connectivity index (χ0v) is 11.5. The van der Waals surface area contributed by atoms with E-state index in [1.165, 1.54) is 0 Å². The van der Waals surface area contributed by atoms with Gasteiger partial charge in [-0.25, -0.2) is 0 Å². The Kier molecular flexibility index (Phi) is 3.89. The molecule has 0 radical (unpaired) electrons. The van der Waals surface area contributed by atoms with Crippen LogP contribution in [0.3, 0.4) is 0 Å². The molecule has 3 heterocycles. The number of hydrogen-bond acceptors (Lipinski definition) is 7. The normalized spacial score (nSPS) is 16.8. The molecule has 3 rings (SSSR count). The van der Waals surface area contributed by atoms with Gasteiger partial charge < -0.3 is 9.84 Å². The van der Waals surface area contributed by atoms with E-state index in [1.807, 2.05) is 6.92 Å². The van der Waals surface area contributed by atoms with Gasteiger partial charge in [0.25, 0.3) is 0 Å². The van der Waals surface area contributed by atoms with E-state index in [9.17, 15) is 4.79 Å². The Morgan fingerprint density at radius 2 is 2.10 bits per heavy atom. The lowest BCUT2D eigenvalue weighted by Crippen LogP contribution is -2.35. The van der Waals surface area contributed by atoms with Crippen LogP contribution in [0.4, 0.5) is 0 Å². The summed E-state index contributed by atoms with van der Waals surface area (Å²) < 4.78 is 5.22. The van der Waals surface area contributed by atoms with Gasteiger partial charge in [-0.2, -0.15) is 4.98 Å². The number of hydrogen-bond donors (Lipinski definition) is 3. The second-order valence-electron chi connectivity index (χ2n) is 4.88. The van der Waals surface area contributed by atoms with Crippen molar-refractivity contribution in [3.05, 3.63) is 30.4 Å². The number of amides is 1. The molecule has 110 valence electrons. The van der Waals surface area contributed by atoms with Crippen molar-refractivity contribution >= 4 is 5.91 Å². The molecule has 0 spiro atoms. The average molecular weight is 288 g/mol. The minimum absolute atomic E-state index is 0.0383. The molecule has 1 unspecified atom stereocenters. The zero-order valence-electron chi connectivity index (χ0n) is 11.5. The second kappa shape index (κ2) is 5.98. The Labute approximate surface area is 121 Å². The van der Waals surface area contributed by atoms with Gasteiger partial charge in [0, 0.05) is 31.0 Å². The smallest absolute Gasteiger partial charge is 0.249 e. The van der Waals surface area contributed by atoms with Crippen molar-refractivity contribution in [3.8, 4) is 11.4 Å². The predicted molar refractivity (Wildman–Crippen MR) is 73.6 cm³/mol. The second-order valence-corrected chi connectivity index (χ2v) is 4.88. The number of hydrazine groups is 1. The van der Waals surface area contributed by atoms with Gasteiger partial charge in [-0.15, -0.1) is 0 Å². The maximum absolute atomic E-state index is 12.0. The molecule has 0 aliphatic carbocycles. The quantitative estimate of drug-likeness (QED) is 0.729. The van der Waals surface area contributed by atoms with Gasteiger partial charge in [0.05, 0.1) is 5.92 Å². The molecule has 1 saturated heterocycles. The molecule has 0 aromatic carbocycles. The van der Waals surface area contributed by atoms with Gasteiger partial charge in [0.2, 0.25) is 17.6 Å². The Morgan fingerprint density at radius 3 is 2.81 bits per heavy atom. The fourth-order valence-electron chi connectivity index (χ4n) is 2.07. The highest BCUT2D eigenvalue weighted by Gasteiger charge is 2.25. The summed E-state index contributed by atoms with van der Waals surface area (Å²) in [5.41, 5.74) is 6.67. The average Bonchev–Trinajstić information content (AvgIpc) is 3.20. The molecule has 0 saturated carbocycles. The van der Waals surface area contributed by atoms with E-state index in [-0.39, 0.29) is 17.9 Å². The summed E-state index contributed by atoms with van der Waals surface area (Å²) in [4.78, 5) is 20.3. The number of nitrogens with zero attached hydrogens (tertiary/aromatic N) is 3. The van der Waals surface area contributed by atoms with E-state index in [1.54, 1.807) is 24.5 Å². The number of nitrogens with one attached hydrogen (secondary N) is 3. The minimum Gasteiger partial charge on any atom is -0.344 e. The maximum Gasteiger partial charge on any atom is 0.249 e. The van der Waals surface area contributed by atoms with Gasteiger partial charge in [-0.3, -0.25) is 20.6 Å². The molecular formula is C13H16N6O2. The Morgan fingerprint density at radius 1 is 1.38 bits per heavy atom. The number of carbonyl (C=O) groups is 1. The van der Waals surface area contributed by atoms with Crippen molar-refractivity contribution < 1.29 is 9.32 Å². The van der Waals surface area contributed by atoms with E-state index in [0.717, 1.165) is 5.56 Å². The van der Waals surface area contributed by atoms with Crippen molar-refractivity contribution in [1.82, 2.24) is 31.3 Å². The molecule has 2 aromatic rings. The summed E-state index contributed by atoms with van der Waals surface area (Å²) in [5.74, 6) is 0.741. The lowest BCUT2D eigenvalue weighted by atomic mass is 10.1. The molecule has 0 bridgehead atoms. The Balaban J connectivity index is 1.66. The first-order valence-electron chi connectivity index (χ1n) is 6.74. The van der Waals surface area contributed by atoms with Gasteiger partial charge in [-0.1, -0.05) is 5.16 Å². The highest BCUT2D eigenvalue weighted by Crippen LogP contribution is 2.18. The Bertz CT molecular complexity index is 608. The third kappa shape index (κ3) is 3.06. The van der Waals surface area contributed by atoms with Crippen molar-refractivity contribution in [2.75, 3.05) is 13.1 Å². The molecule has 3 N–H and O–H groups in total. The first kappa shape index (κ1) is 13.7. The van der Waals surface area contributed by atoms with Crippen molar-refractivity contribution in [2.45, 2.75) is 13.0 Å². The summed E-state index contributed by atoms with van der Waals surface area (Å²) in [5, 5.41) is 6.80. The standard InChI is InChI=1S/C13H16N6O2/c1-8(17-12(20)10-6-15-16-7-10)13-18-11(19-21-13)9-2-4-14-5-3-9/h2-5,8,10,15-16H,6-7H2,1H3,(H,17,20). The molecule has 21 heavy (non-hydrogen) atoms. The van der Waals surface area contributed by atoms with Crippen LogP contribution in [-0.2, 0) is 4.79 Å². The van der Waals surface area contributed by atoms with Gasteiger partial charge in [0.1, 0.15) is 6.04 Å². The van der Waals surface area contributed by atoms with Crippen LogP contribution in [-0.4, -0.2) is 34.1 Å². The molecule has 1 aliphatic heterocycles. The zero-order chi connectivity index (χ0) is 14.7. The largest absolute Gasteiger partial charge is 0.344 e. The minimum atomic E-state index is -0.332. The van der Waals surface area contributed by atoms with Crippen LogP contribution >= 0.6 is 0 Å². The number of rotatable bonds is 4. The molecule has 8 heteroatoms. The summed E-state index contributed by atoms with van der Waals surface area (Å²) in [7, 11) is 0. The van der Waals surface area contributed by atoms with Crippen molar-refractivity contribution in [1.29, 1.82) is 0 Å². The van der Waals surface area contributed by atoms with E-state index >= 15 is 0 Å². The topological polar surface area (TPSA) is 105 Å². The number of pyridine rings is 1. The summed E-state index contributed by atoms with van der Waals surface area (Å²) in [6.07, 6.45) is 3.33. The highest BCUT2D eigenvalue weighted by atomic mass is 16.5. The van der Waals surface area contributed by atoms with Crippen LogP contribution in [0.15, 0.2) is 29.0 Å². The van der Waals surface area contributed by atoms with Gasteiger partial charge >= 0.3 is 0 Å². The molecular weight excluding hydrogens is 272 g/mol. The fourth-order valence-corrected chi connectivity index (χ4v) is 2.07. The lowest BCUT2D eigenvalue weighted by Gasteiger charge is -2.12. The molecule has 2 aromatic heterocycles. The Hall–Kier alpha value is -2.32. The van der Waals surface area contributed by atoms with E-state index < -0.39 is 0 Å². The van der Waals surface area contributed by atoms with Crippen molar-refractivity contribution in [3.63, 3.8) is 0 Å². The monoisotopic (exact) mass is 288 g/mol. The summed E-state index contributed by atoms with van der Waals surface area (Å²) in [6.45, 7) is 3.05. The van der Waals surface area contributed by atoms with E-state index in [4.69, 9.17) is 4.52 Å². The molecule has 8 nitrogen and oxygen atoms in total. The van der Waals surface area contributed by atoms with Crippen LogP contribution < -0.4 is 16.2 Å².